The maximum atomic E-state index is 12.1. The normalized spacial score (nSPS) is 15.9. The predicted molar refractivity (Wildman–Crippen MR) is 116 cm³/mol. The molecular formula is C22H29F2N3O3S. The van der Waals surface area contributed by atoms with Crippen molar-refractivity contribution >= 4 is 17.3 Å². The van der Waals surface area contributed by atoms with E-state index >= 15 is 0 Å². The number of halogens is 2. The van der Waals surface area contributed by atoms with Crippen molar-refractivity contribution in [1.29, 1.82) is 0 Å². The molecule has 0 amide bonds. The Hall–Kier alpha value is -2.28. The fraction of sp³-hybridized carbons (Fsp3) is 0.545. The first-order valence-electron chi connectivity index (χ1n) is 10.0. The Balaban J connectivity index is 0.000000245. The standard InChI is InChI=1S/C16H23NOS.C6H6F2N2O2/c1-16(2,3)10-9-13-11-12-7-5-6-8-14(17-18-4)15(12)19-13;1-10-2-3(6(11)12)4(9-10)5(7)8/h11,14,17H,5-8H2,1-4H3;2,5H,1H3,(H,11,12). The maximum absolute atomic E-state index is 12.1. The molecule has 0 radical (unpaired) electrons. The number of aryl methyl sites for hydroxylation is 2. The van der Waals surface area contributed by atoms with Gasteiger partial charge in [-0.25, -0.2) is 13.6 Å². The molecule has 6 nitrogen and oxygen atoms in total. The molecule has 9 heteroatoms. The molecule has 0 saturated carbocycles. The molecule has 1 unspecified atom stereocenters. The summed E-state index contributed by atoms with van der Waals surface area (Å²) in [6, 6.07) is 2.60. The van der Waals surface area contributed by atoms with Crippen LogP contribution in [-0.4, -0.2) is 28.0 Å². The molecular weight excluding hydrogens is 424 g/mol. The zero-order valence-electron chi connectivity index (χ0n) is 18.5. The zero-order chi connectivity index (χ0) is 23.2. The summed E-state index contributed by atoms with van der Waals surface area (Å²) in [6.07, 6.45) is 3.03. The van der Waals surface area contributed by atoms with E-state index in [-0.39, 0.29) is 5.41 Å². The average molecular weight is 454 g/mol. The van der Waals surface area contributed by atoms with E-state index < -0.39 is 23.7 Å². The number of fused-ring (bicyclic) bond motifs is 1. The lowest BCUT2D eigenvalue weighted by Gasteiger charge is -2.14. The van der Waals surface area contributed by atoms with Gasteiger partial charge in [0, 0.05) is 23.5 Å². The van der Waals surface area contributed by atoms with Crippen LogP contribution in [0.5, 0.6) is 0 Å². The van der Waals surface area contributed by atoms with Gasteiger partial charge in [0.1, 0.15) is 11.3 Å². The SMILES string of the molecule is CONC1CCCCc2cc(C#CC(C)(C)C)sc21.Cn1cc(C(=O)O)c(C(F)F)n1. The lowest BCUT2D eigenvalue weighted by molar-refractivity contribution is 0.0586. The minimum Gasteiger partial charge on any atom is -0.478 e. The van der Waals surface area contributed by atoms with Gasteiger partial charge in [-0.2, -0.15) is 10.6 Å². The van der Waals surface area contributed by atoms with Gasteiger partial charge in [-0.3, -0.25) is 4.68 Å². The number of rotatable bonds is 4. The number of carboxylic acids is 1. The van der Waals surface area contributed by atoms with Crippen LogP contribution in [-0.2, 0) is 18.3 Å². The molecule has 1 aliphatic carbocycles. The lowest BCUT2D eigenvalue weighted by atomic mass is 9.98. The summed E-state index contributed by atoms with van der Waals surface area (Å²) in [6.45, 7) is 6.44. The Kier molecular flexibility index (Phi) is 8.74. The van der Waals surface area contributed by atoms with Crippen molar-refractivity contribution in [2.75, 3.05) is 7.11 Å². The molecule has 0 spiro atoms. The first-order chi connectivity index (χ1) is 14.5. The Morgan fingerprint density at radius 3 is 2.68 bits per heavy atom. The van der Waals surface area contributed by atoms with Crippen LogP contribution >= 0.6 is 11.3 Å². The summed E-state index contributed by atoms with van der Waals surface area (Å²) in [5.74, 6) is 5.25. The first-order valence-corrected chi connectivity index (χ1v) is 10.8. The minimum absolute atomic E-state index is 0.0611. The number of aromatic carboxylic acids is 1. The molecule has 1 atom stereocenters. The van der Waals surface area contributed by atoms with Gasteiger partial charge in [-0.1, -0.05) is 18.3 Å². The van der Waals surface area contributed by atoms with Crippen LogP contribution in [0.3, 0.4) is 0 Å². The summed E-state index contributed by atoms with van der Waals surface area (Å²) in [7, 11) is 3.08. The highest BCUT2D eigenvalue weighted by atomic mass is 32.1. The van der Waals surface area contributed by atoms with Crippen LogP contribution in [0.15, 0.2) is 12.3 Å². The van der Waals surface area contributed by atoms with Crippen molar-refractivity contribution in [2.24, 2.45) is 12.5 Å². The molecule has 0 saturated heterocycles. The van der Waals surface area contributed by atoms with E-state index in [1.165, 1.54) is 41.6 Å². The Morgan fingerprint density at radius 1 is 1.42 bits per heavy atom. The van der Waals surface area contributed by atoms with E-state index in [0.29, 0.717) is 6.04 Å². The van der Waals surface area contributed by atoms with Gasteiger partial charge < -0.3 is 9.94 Å². The molecule has 31 heavy (non-hydrogen) atoms. The molecule has 1 aliphatic rings. The van der Waals surface area contributed by atoms with Gasteiger partial charge in [0.05, 0.1) is 18.0 Å². The quantitative estimate of drug-likeness (QED) is 0.382. The van der Waals surface area contributed by atoms with Crippen molar-refractivity contribution in [3.8, 4) is 11.8 Å². The van der Waals surface area contributed by atoms with Crippen LogP contribution in [0.2, 0.25) is 0 Å². The number of carboxylic acid groups (broad SMARTS) is 1. The number of alkyl halides is 2. The molecule has 0 aliphatic heterocycles. The van der Waals surface area contributed by atoms with Crippen LogP contribution in [0, 0.1) is 17.3 Å². The van der Waals surface area contributed by atoms with Gasteiger partial charge in [0.25, 0.3) is 6.43 Å². The highest BCUT2D eigenvalue weighted by molar-refractivity contribution is 7.12. The van der Waals surface area contributed by atoms with E-state index in [4.69, 9.17) is 9.94 Å². The third-order valence-electron chi connectivity index (χ3n) is 4.46. The lowest BCUT2D eigenvalue weighted by Crippen LogP contribution is -2.18. The molecule has 3 rings (SSSR count). The van der Waals surface area contributed by atoms with Crippen LogP contribution in [0.1, 0.15) is 83.9 Å². The summed E-state index contributed by atoms with van der Waals surface area (Å²) >= 11 is 1.82. The number of carbonyl (C=O) groups is 1. The second-order valence-corrected chi connectivity index (χ2v) is 9.41. The first kappa shape index (κ1) is 25.0. The number of nitrogens with zero attached hydrogens (tertiary/aromatic N) is 2. The monoisotopic (exact) mass is 453 g/mol. The van der Waals surface area contributed by atoms with E-state index in [0.717, 1.165) is 17.3 Å². The van der Waals surface area contributed by atoms with Crippen molar-refractivity contribution < 1.29 is 23.5 Å². The molecule has 0 fully saturated rings. The molecule has 2 N–H and O–H groups in total. The highest BCUT2D eigenvalue weighted by Crippen LogP contribution is 2.35. The van der Waals surface area contributed by atoms with Gasteiger partial charge >= 0.3 is 5.97 Å². The summed E-state index contributed by atoms with van der Waals surface area (Å²) in [4.78, 5) is 18.1. The van der Waals surface area contributed by atoms with Gasteiger partial charge in [-0.05, 0) is 51.7 Å². The molecule has 2 heterocycles. The van der Waals surface area contributed by atoms with Gasteiger partial charge in [0.2, 0.25) is 0 Å². The third kappa shape index (κ3) is 7.42. The van der Waals surface area contributed by atoms with E-state index in [9.17, 15) is 13.6 Å². The van der Waals surface area contributed by atoms with Crippen molar-refractivity contribution in [1.82, 2.24) is 15.3 Å². The van der Waals surface area contributed by atoms with Crippen molar-refractivity contribution in [3.05, 3.63) is 38.8 Å². The van der Waals surface area contributed by atoms with Crippen LogP contribution in [0.25, 0.3) is 0 Å². The van der Waals surface area contributed by atoms with E-state index in [1.54, 1.807) is 7.11 Å². The molecule has 0 aromatic carbocycles. The minimum atomic E-state index is -2.85. The molecule has 2 aromatic rings. The molecule has 0 bridgehead atoms. The number of hydroxylamine groups is 1. The fourth-order valence-electron chi connectivity index (χ4n) is 3.13. The largest absolute Gasteiger partial charge is 0.478 e. The topological polar surface area (TPSA) is 76.4 Å². The van der Waals surface area contributed by atoms with Gasteiger partial charge in [-0.15, -0.1) is 11.3 Å². The fourth-order valence-corrected chi connectivity index (χ4v) is 4.27. The van der Waals surface area contributed by atoms with E-state index in [2.05, 4.69) is 49.3 Å². The van der Waals surface area contributed by atoms with Crippen molar-refractivity contribution in [3.63, 3.8) is 0 Å². The van der Waals surface area contributed by atoms with E-state index in [1.807, 2.05) is 11.3 Å². The Labute approximate surface area is 185 Å². The number of nitrogens with one attached hydrogen (secondary N) is 1. The average Bonchev–Trinajstić information content (AvgIpc) is 3.22. The third-order valence-corrected chi connectivity index (χ3v) is 5.67. The smallest absolute Gasteiger partial charge is 0.339 e. The summed E-state index contributed by atoms with van der Waals surface area (Å²) < 4.78 is 25.2. The second-order valence-electron chi connectivity index (χ2n) is 8.33. The summed E-state index contributed by atoms with van der Waals surface area (Å²) in [5, 5.41) is 11.8. The maximum Gasteiger partial charge on any atom is 0.339 e. The van der Waals surface area contributed by atoms with Gasteiger partial charge in [0.15, 0.2) is 0 Å². The number of thiophene rings is 1. The predicted octanol–water partition coefficient (Wildman–Crippen LogP) is 5.12. The Morgan fingerprint density at radius 2 is 2.13 bits per heavy atom. The van der Waals surface area contributed by atoms with Crippen LogP contribution in [0.4, 0.5) is 8.78 Å². The number of aromatic nitrogens is 2. The van der Waals surface area contributed by atoms with Crippen molar-refractivity contribution in [2.45, 2.75) is 58.9 Å². The molecule has 170 valence electrons. The number of hydrogen-bond acceptors (Lipinski definition) is 5. The number of hydrogen-bond donors (Lipinski definition) is 2. The Bertz CT molecular complexity index is 952. The molecule has 2 aromatic heterocycles. The zero-order valence-corrected chi connectivity index (χ0v) is 19.3. The summed E-state index contributed by atoms with van der Waals surface area (Å²) in [5.41, 5.74) is 3.50. The second kappa shape index (κ2) is 10.8. The van der Waals surface area contributed by atoms with Crippen LogP contribution < -0.4 is 5.48 Å². The highest BCUT2D eigenvalue weighted by Gasteiger charge is 2.22.